The molecule has 2 heteroatoms. The summed E-state index contributed by atoms with van der Waals surface area (Å²) in [4.78, 5) is 10.6. The molecule has 0 N–H and O–H groups in total. The van der Waals surface area contributed by atoms with Gasteiger partial charge in [0.25, 0.3) is 0 Å². The van der Waals surface area contributed by atoms with Crippen LogP contribution in [0, 0.1) is 5.82 Å². The van der Waals surface area contributed by atoms with Gasteiger partial charge in [-0.05, 0) is 46.9 Å². The van der Waals surface area contributed by atoms with Crippen molar-refractivity contribution in [3.8, 4) is 0 Å². The van der Waals surface area contributed by atoms with E-state index in [2.05, 4.69) is 6.58 Å². The van der Waals surface area contributed by atoms with Gasteiger partial charge in [0.05, 0.1) is 0 Å². The van der Waals surface area contributed by atoms with Crippen LogP contribution >= 0.6 is 0 Å². The molecule has 0 atom stereocenters. The molecule has 1 aromatic rings. The zero-order chi connectivity index (χ0) is 11.0. The molecule has 0 saturated heterocycles. The van der Waals surface area contributed by atoms with Crippen molar-refractivity contribution in [3.05, 3.63) is 47.3 Å². The first-order chi connectivity index (χ1) is 7.15. The fourth-order valence-electron chi connectivity index (χ4n) is 1.96. The van der Waals surface area contributed by atoms with Crippen LogP contribution < -0.4 is 0 Å². The lowest BCUT2D eigenvalue weighted by Gasteiger charge is -2.02. The van der Waals surface area contributed by atoms with Crippen molar-refractivity contribution in [2.75, 3.05) is 0 Å². The second-order valence-corrected chi connectivity index (χ2v) is 3.64. The number of hydrogen-bond acceptors (Lipinski definition) is 1. The molecule has 1 aliphatic carbocycles. The Hall–Kier alpha value is -1.70. The Morgan fingerprint density at radius 2 is 2.13 bits per heavy atom. The maximum absolute atomic E-state index is 13.1. The van der Waals surface area contributed by atoms with E-state index < -0.39 is 0 Å². The van der Waals surface area contributed by atoms with E-state index in [-0.39, 0.29) is 5.82 Å². The summed E-state index contributed by atoms with van der Waals surface area (Å²) < 4.78 is 13.1. The van der Waals surface area contributed by atoms with Crippen LogP contribution in [0.2, 0.25) is 0 Å². The van der Waals surface area contributed by atoms with Gasteiger partial charge in [-0.2, -0.15) is 0 Å². The lowest BCUT2D eigenvalue weighted by Crippen LogP contribution is -1.87. The van der Waals surface area contributed by atoms with E-state index in [1.165, 1.54) is 12.1 Å². The molecule has 2 rings (SSSR count). The Balaban J connectivity index is 2.63. The van der Waals surface area contributed by atoms with E-state index >= 15 is 0 Å². The summed E-state index contributed by atoms with van der Waals surface area (Å²) in [6.07, 6.45) is 1.16. The van der Waals surface area contributed by atoms with Crippen LogP contribution in [-0.2, 0) is 4.79 Å². The maximum atomic E-state index is 13.1. The lowest BCUT2D eigenvalue weighted by atomic mass is 10.0. The van der Waals surface area contributed by atoms with Crippen LogP contribution in [0.4, 0.5) is 4.39 Å². The topological polar surface area (TPSA) is 17.1 Å². The maximum Gasteiger partial charge on any atom is 0.124 e. The Bertz CT molecular complexity index is 483. The van der Waals surface area contributed by atoms with Gasteiger partial charge in [-0.25, -0.2) is 4.39 Å². The number of carbonyl (C=O) groups excluding carboxylic acids is 1. The van der Waals surface area contributed by atoms with E-state index in [9.17, 15) is 9.18 Å². The highest BCUT2D eigenvalue weighted by atomic mass is 19.1. The van der Waals surface area contributed by atoms with Crippen molar-refractivity contribution < 1.29 is 9.18 Å². The predicted molar refractivity (Wildman–Crippen MR) is 58.7 cm³/mol. The van der Waals surface area contributed by atoms with E-state index in [0.717, 1.165) is 34.1 Å². The summed E-state index contributed by atoms with van der Waals surface area (Å²) in [5, 5.41) is 0. The molecule has 0 bridgehead atoms. The molecule has 15 heavy (non-hydrogen) atoms. The Morgan fingerprint density at radius 1 is 1.40 bits per heavy atom. The summed E-state index contributed by atoms with van der Waals surface area (Å²) in [5.41, 5.74) is 4.52. The van der Waals surface area contributed by atoms with Crippen LogP contribution in [0.3, 0.4) is 0 Å². The van der Waals surface area contributed by atoms with Gasteiger partial charge in [-0.1, -0.05) is 12.6 Å². The minimum absolute atomic E-state index is 0.278. The van der Waals surface area contributed by atoms with Crippen molar-refractivity contribution in [2.24, 2.45) is 0 Å². The van der Waals surface area contributed by atoms with Crippen molar-refractivity contribution in [1.82, 2.24) is 0 Å². The summed E-state index contributed by atoms with van der Waals surface area (Å²) in [7, 11) is 0. The largest absolute Gasteiger partial charge is 0.303 e. The second kappa shape index (κ2) is 3.46. The Morgan fingerprint density at radius 3 is 2.80 bits per heavy atom. The molecule has 0 spiro atoms. The van der Waals surface area contributed by atoms with E-state index in [1.54, 1.807) is 6.07 Å². The molecule has 1 nitrogen and oxygen atoms in total. The van der Waals surface area contributed by atoms with Crippen molar-refractivity contribution >= 4 is 17.4 Å². The number of allylic oxidation sites excluding steroid dienone is 3. The van der Waals surface area contributed by atoms with Gasteiger partial charge in [-0.3, -0.25) is 0 Å². The number of aldehydes is 1. The molecular weight excluding hydrogens is 191 g/mol. The molecule has 1 aromatic carbocycles. The average molecular weight is 202 g/mol. The second-order valence-electron chi connectivity index (χ2n) is 3.64. The number of benzene rings is 1. The third kappa shape index (κ3) is 1.42. The fraction of sp³-hybridized carbons (Fsp3) is 0.154. The number of hydrogen-bond donors (Lipinski definition) is 0. The predicted octanol–water partition coefficient (Wildman–Crippen LogP) is 3.22. The molecule has 0 amide bonds. The van der Waals surface area contributed by atoms with Crippen LogP contribution in [0.5, 0.6) is 0 Å². The SMILES string of the molecule is C=C1C(C)=C(CC=O)c2cc(F)ccc21. The van der Waals surface area contributed by atoms with Crippen molar-refractivity contribution in [3.63, 3.8) is 0 Å². The standard InChI is InChI=1S/C13H11FO/c1-8-9(2)12(5-6-15)13-7-10(14)3-4-11(8)13/h3-4,6-7H,1,5H2,2H3. The number of carbonyl (C=O) groups is 1. The monoisotopic (exact) mass is 202 g/mol. The first-order valence-electron chi connectivity index (χ1n) is 4.78. The highest BCUT2D eigenvalue weighted by molar-refractivity contribution is 6.01. The van der Waals surface area contributed by atoms with Gasteiger partial charge in [0, 0.05) is 6.42 Å². The summed E-state index contributed by atoms with van der Waals surface area (Å²) >= 11 is 0. The first-order valence-corrected chi connectivity index (χ1v) is 4.78. The highest BCUT2D eigenvalue weighted by Crippen LogP contribution is 2.41. The Kier molecular flexibility index (Phi) is 2.27. The lowest BCUT2D eigenvalue weighted by molar-refractivity contribution is -0.107. The molecule has 0 fully saturated rings. The number of halogens is 1. The van der Waals surface area contributed by atoms with Crippen LogP contribution in [0.1, 0.15) is 24.5 Å². The zero-order valence-electron chi connectivity index (χ0n) is 8.51. The smallest absolute Gasteiger partial charge is 0.124 e. The minimum Gasteiger partial charge on any atom is -0.303 e. The van der Waals surface area contributed by atoms with Gasteiger partial charge in [0.15, 0.2) is 0 Å². The third-order valence-corrected chi connectivity index (χ3v) is 2.82. The molecule has 76 valence electrons. The molecule has 0 radical (unpaired) electrons. The molecule has 0 heterocycles. The molecule has 1 aliphatic rings. The van der Waals surface area contributed by atoms with Crippen LogP contribution in [0.25, 0.3) is 11.1 Å². The molecular formula is C13H11FO. The van der Waals surface area contributed by atoms with Gasteiger partial charge < -0.3 is 4.79 Å². The Labute approximate surface area is 87.9 Å². The third-order valence-electron chi connectivity index (χ3n) is 2.82. The van der Waals surface area contributed by atoms with Crippen LogP contribution in [0.15, 0.2) is 30.4 Å². The van der Waals surface area contributed by atoms with Gasteiger partial charge in [0.2, 0.25) is 0 Å². The van der Waals surface area contributed by atoms with Gasteiger partial charge >= 0.3 is 0 Å². The van der Waals surface area contributed by atoms with Crippen molar-refractivity contribution in [2.45, 2.75) is 13.3 Å². The molecule has 0 unspecified atom stereocenters. The summed E-state index contributed by atoms with van der Waals surface area (Å²) in [6, 6.07) is 4.60. The molecule has 0 aromatic heterocycles. The normalized spacial score (nSPS) is 14.4. The van der Waals surface area contributed by atoms with E-state index in [1.807, 2.05) is 6.92 Å². The zero-order valence-corrected chi connectivity index (χ0v) is 8.51. The van der Waals surface area contributed by atoms with Gasteiger partial charge in [-0.15, -0.1) is 0 Å². The number of fused-ring (bicyclic) bond motifs is 1. The number of rotatable bonds is 2. The van der Waals surface area contributed by atoms with E-state index in [4.69, 9.17) is 0 Å². The highest BCUT2D eigenvalue weighted by Gasteiger charge is 2.21. The van der Waals surface area contributed by atoms with Crippen LogP contribution in [-0.4, -0.2) is 6.29 Å². The summed E-state index contributed by atoms with van der Waals surface area (Å²) in [5.74, 6) is -0.278. The molecule has 0 saturated carbocycles. The van der Waals surface area contributed by atoms with E-state index in [0.29, 0.717) is 6.42 Å². The molecule has 0 aliphatic heterocycles. The van der Waals surface area contributed by atoms with Gasteiger partial charge in [0.1, 0.15) is 12.1 Å². The fourth-order valence-corrected chi connectivity index (χ4v) is 1.96. The quantitative estimate of drug-likeness (QED) is 0.673. The van der Waals surface area contributed by atoms with Crippen molar-refractivity contribution in [1.29, 1.82) is 0 Å². The summed E-state index contributed by atoms with van der Waals surface area (Å²) in [6.45, 7) is 5.86. The average Bonchev–Trinajstić information content (AvgIpc) is 2.44. The first kappa shape index (κ1) is 9.84. The minimum atomic E-state index is -0.278.